The summed E-state index contributed by atoms with van der Waals surface area (Å²) in [5, 5.41) is 9.05. The van der Waals surface area contributed by atoms with Gasteiger partial charge in [-0.15, -0.1) is 0 Å². The van der Waals surface area contributed by atoms with Crippen molar-refractivity contribution in [2.45, 2.75) is 51.0 Å². The van der Waals surface area contributed by atoms with Crippen LogP contribution in [0.25, 0.3) is 0 Å². The van der Waals surface area contributed by atoms with Gasteiger partial charge in [-0.05, 0) is 44.6 Å². The molecule has 0 aromatic carbocycles. The Morgan fingerprint density at radius 1 is 1.00 bits per heavy atom. The summed E-state index contributed by atoms with van der Waals surface area (Å²) in [4.78, 5) is 27.8. The molecule has 0 bridgehead atoms. The van der Waals surface area contributed by atoms with Crippen molar-refractivity contribution in [1.82, 2.24) is 9.80 Å². The molecule has 0 aromatic rings. The molecule has 2 aliphatic heterocycles. The highest BCUT2D eigenvalue weighted by Crippen LogP contribution is 2.35. The number of carbonyl (C=O) groups is 2. The average Bonchev–Trinajstić information content (AvgIpc) is 2.95. The fraction of sp³-hybridized carbons (Fsp3) is 0.875. The molecular weight excluding hydrogens is 268 g/mol. The van der Waals surface area contributed by atoms with Crippen LogP contribution in [0.2, 0.25) is 0 Å². The van der Waals surface area contributed by atoms with Gasteiger partial charge in [0.05, 0.1) is 12.5 Å². The van der Waals surface area contributed by atoms with E-state index in [0.717, 1.165) is 25.9 Å². The molecule has 5 heteroatoms. The number of carboxylic acid groups (broad SMARTS) is 1. The van der Waals surface area contributed by atoms with Crippen molar-refractivity contribution < 1.29 is 14.7 Å². The summed E-state index contributed by atoms with van der Waals surface area (Å²) in [7, 11) is 0. The van der Waals surface area contributed by atoms with Crippen LogP contribution in [0.5, 0.6) is 0 Å². The fourth-order valence-electron chi connectivity index (χ4n) is 4.39. The number of rotatable bonds is 3. The zero-order valence-electron chi connectivity index (χ0n) is 12.7. The Hall–Kier alpha value is -1.10. The van der Waals surface area contributed by atoms with Crippen LogP contribution in [-0.2, 0) is 9.59 Å². The van der Waals surface area contributed by atoms with Crippen LogP contribution in [0.3, 0.4) is 0 Å². The molecule has 118 valence electrons. The van der Waals surface area contributed by atoms with Gasteiger partial charge in [0, 0.05) is 19.1 Å². The summed E-state index contributed by atoms with van der Waals surface area (Å²) in [6.45, 7) is 2.58. The van der Waals surface area contributed by atoms with Crippen LogP contribution in [0.4, 0.5) is 0 Å². The van der Waals surface area contributed by atoms with Gasteiger partial charge in [0.15, 0.2) is 0 Å². The number of piperidine rings is 1. The lowest BCUT2D eigenvalue weighted by Crippen LogP contribution is -2.52. The third-order valence-electron chi connectivity index (χ3n) is 5.54. The highest BCUT2D eigenvalue weighted by molar-refractivity contribution is 5.79. The Morgan fingerprint density at radius 3 is 2.52 bits per heavy atom. The maximum Gasteiger partial charge on any atom is 0.307 e. The molecule has 0 aromatic heterocycles. The molecule has 0 spiro atoms. The molecule has 1 N–H and O–H groups in total. The van der Waals surface area contributed by atoms with Crippen LogP contribution >= 0.6 is 0 Å². The standard InChI is InChI=1S/C16H26N2O3/c19-15(11-17-9-7-13(10-17)16(20)21)18-8-3-5-12-4-1-2-6-14(12)18/h12-14H,1-11H2,(H,20,21)/t12-,13-,14-/m1/s1. The third-order valence-corrected chi connectivity index (χ3v) is 5.54. The van der Waals surface area contributed by atoms with Crippen LogP contribution in [0, 0.1) is 11.8 Å². The Kier molecular flexibility index (Phi) is 4.48. The Labute approximate surface area is 126 Å². The molecule has 3 atom stereocenters. The first-order chi connectivity index (χ1) is 10.1. The van der Waals surface area contributed by atoms with Gasteiger partial charge in [0.1, 0.15) is 0 Å². The van der Waals surface area contributed by atoms with Crippen molar-refractivity contribution in [2.24, 2.45) is 11.8 Å². The van der Waals surface area contributed by atoms with Gasteiger partial charge in [-0.3, -0.25) is 14.5 Å². The number of carboxylic acids is 1. The first-order valence-electron chi connectivity index (χ1n) is 8.40. The second kappa shape index (κ2) is 6.34. The van der Waals surface area contributed by atoms with Gasteiger partial charge in [-0.1, -0.05) is 12.8 Å². The number of amides is 1. The molecule has 0 unspecified atom stereocenters. The fourth-order valence-corrected chi connectivity index (χ4v) is 4.39. The third kappa shape index (κ3) is 3.23. The van der Waals surface area contributed by atoms with Crippen molar-refractivity contribution in [2.75, 3.05) is 26.2 Å². The summed E-state index contributed by atoms with van der Waals surface area (Å²) >= 11 is 0. The van der Waals surface area contributed by atoms with E-state index in [0.29, 0.717) is 31.5 Å². The molecule has 2 heterocycles. The Morgan fingerprint density at radius 2 is 1.76 bits per heavy atom. The minimum atomic E-state index is -0.727. The van der Waals surface area contributed by atoms with E-state index in [-0.39, 0.29) is 11.8 Å². The number of nitrogens with zero attached hydrogens (tertiary/aromatic N) is 2. The average molecular weight is 294 g/mol. The summed E-state index contributed by atoms with van der Waals surface area (Å²) in [5.74, 6) is -0.0868. The first kappa shape index (κ1) is 14.8. The van der Waals surface area contributed by atoms with Gasteiger partial charge >= 0.3 is 5.97 Å². The zero-order chi connectivity index (χ0) is 14.8. The van der Waals surface area contributed by atoms with Crippen LogP contribution < -0.4 is 0 Å². The van der Waals surface area contributed by atoms with Crippen LogP contribution in [-0.4, -0.2) is 59.0 Å². The first-order valence-corrected chi connectivity index (χ1v) is 8.40. The van der Waals surface area contributed by atoms with E-state index in [4.69, 9.17) is 5.11 Å². The predicted molar refractivity (Wildman–Crippen MR) is 78.9 cm³/mol. The molecule has 3 aliphatic rings. The molecule has 1 aliphatic carbocycles. The van der Waals surface area contributed by atoms with Crippen molar-refractivity contribution in [3.8, 4) is 0 Å². The van der Waals surface area contributed by atoms with E-state index in [1.807, 2.05) is 4.90 Å². The normalized spacial score (nSPS) is 33.7. The van der Waals surface area contributed by atoms with Crippen molar-refractivity contribution >= 4 is 11.9 Å². The van der Waals surface area contributed by atoms with Gasteiger partial charge in [-0.2, -0.15) is 0 Å². The number of hydrogen-bond acceptors (Lipinski definition) is 3. The summed E-state index contributed by atoms with van der Waals surface area (Å²) in [6, 6.07) is 0.456. The second-order valence-electron chi connectivity index (χ2n) is 6.90. The number of fused-ring (bicyclic) bond motifs is 1. The molecule has 21 heavy (non-hydrogen) atoms. The number of likely N-dealkylation sites (tertiary alicyclic amines) is 2. The quantitative estimate of drug-likeness (QED) is 0.858. The maximum atomic E-state index is 12.6. The van der Waals surface area contributed by atoms with Crippen molar-refractivity contribution in [3.63, 3.8) is 0 Å². The molecule has 1 amide bonds. The molecular formula is C16H26N2O3. The van der Waals surface area contributed by atoms with E-state index >= 15 is 0 Å². The lowest BCUT2D eigenvalue weighted by atomic mass is 9.78. The monoisotopic (exact) mass is 294 g/mol. The minimum absolute atomic E-state index is 0.220. The number of hydrogen-bond donors (Lipinski definition) is 1. The Bertz CT molecular complexity index is 410. The predicted octanol–water partition coefficient (Wildman–Crippen LogP) is 1.57. The second-order valence-corrected chi connectivity index (χ2v) is 6.90. The maximum absolute atomic E-state index is 12.6. The van der Waals surface area contributed by atoms with Gasteiger partial charge in [0.2, 0.25) is 5.91 Å². The molecule has 2 saturated heterocycles. The molecule has 1 saturated carbocycles. The minimum Gasteiger partial charge on any atom is -0.481 e. The molecule has 3 fully saturated rings. The molecule has 0 radical (unpaired) electrons. The zero-order valence-corrected chi connectivity index (χ0v) is 12.7. The summed E-state index contributed by atoms with van der Waals surface area (Å²) in [6.07, 6.45) is 8.08. The molecule has 3 rings (SSSR count). The van der Waals surface area contributed by atoms with E-state index in [1.54, 1.807) is 0 Å². The number of carbonyl (C=O) groups excluding carboxylic acids is 1. The smallest absolute Gasteiger partial charge is 0.307 e. The van der Waals surface area contributed by atoms with Crippen molar-refractivity contribution in [3.05, 3.63) is 0 Å². The largest absolute Gasteiger partial charge is 0.481 e. The van der Waals surface area contributed by atoms with Gasteiger partial charge in [-0.25, -0.2) is 0 Å². The topological polar surface area (TPSA) is 60.9 Å². The van der Waals surface area contributed by atoms with Gasteiger partial charge in [0.25, 0.3) is 0 Å². The summed E-state index contributed by atoms with van der Waals surface area (Å²) < 4.78 is 0. The lowest BCUT2D eigenvalue weighted by molar-refractivity contribution is -0.142. The summed E-state index contributed by atoms with van der Waals surface area (Å²) in [5.41, 5.74) is 0. The van der Waals surface area contributed by atoms with Crippen molar-refractivity contribution in [1.29, 1.82) is 0 Å². The van der Waals surface area contributed by atoms with E-state index in [9.17, 15) is 9.59 Å². The van der Waals surface area contributed by atoms with E-state index in [1.165, 1.54) is 25.7 Å². The Balaban J connectivity index is 1.56. The SMILES string of the molecule is O=C(O)[C@@H]1CCN(CC(=O)N2CCC[C@H]3CCCC[C@H]32)C1. The highest BCUT2D eigenvalue weighted by atomic mass is 16.4. The van der Waals surface area contributed by atoms with Crippen LogP contribution in [0.15, 0.2) is 0 Å². The lowest BCUT2D eigenvalue weighted by Gasteiger charge is -2.44. The van der Waals surface area contributed by atoms with Gasteiger partial charge < -0.3 is 10.0 Å². The number of aliphatic carboxylic acids is 1. The van der Waals surface area contributed by atoms with Crippen LogP contribution in [0.1, 0.15) is 44.9 Å². The molecule has 5 nitrogen and oxygen atoms in total. The van der Waals surface area contributed by atoms with E-state index in [2.05, 4.69) is 4.90 Å². The highest BCUT2D eigenvalue weighted by Gasteiger charge is 2.37. The van der Waals surface area contributed by atoms with E-state index < -0.39 is 5.97 Å².